The Morgan fingerprint density at radius 2 is 1.48 bits per heavy atom. The third-order valence-corrected chi connectivity index (χ3v) is 6.18. The van der Waals surface area contributed by atoms with Crippen molar-refractivity contribution in [2.24, 2.45) is 5.92 Å². The van der Waals surface area contributed by atoms with Crippen molar-refractivity contribution in [3.63, 3.8) is 0 Å². The number of nitrogens with zero attached hydrogens (tertiary/aromatic N) is 2. The Kier molecular flexibility index (Phi) is 3.90. The maximum absolute atomic E-state index is 6.15. The number of fused-ring (bicyclic) bond motifs is 3. The number of ether oxygens (including phenoxy) is 1. The molecular formula is C22H26N2O. The van der Waals surface area contributed by atoms with Gasteiger partial charge in [-0.3, -0.25) is 0 Å². The molecule has 2 fully saturated rings. The largest absolute Gasteiger partial charge is 0.453 e. The SMILES string of the molecule is c1ccc2c(c1)Oc1ccccc1N2C[C@@H]1CCCN2CCCC[C@H]12. The van der Waals surface area contributed by atoms with Crippen LogP contribution in [0.25, 0.3) is 0 Å². The minimum atomic E-state index is 0.744. The van der Waals surface area contributed by atoms with Gasteiger partial charge in [0.1, 0.15) is 0 Å². The highest BCUT2D eigenvalue weighted by Gasteiger charge is 2.35. The Morgan fingerprint density at radius 3 is 2.24 bits per heavy atom. The second-order valence-corrected chi connectivity index (χ2v) is 7.65. The lowest BCUT2D eigenvalue weighted by Gasteiger charge is -2.46. The van der Waals surface area contributed by atoms with E-state index in [1.807, 2.05) is 0 Å². The molecular weight excluding hydrogens is 308 g/mol. The molecule has 3 nitrogen and oxygen atoms in total. The van der Waals surface area contributed by atoms with Gasteiger partial charge in [0.05, 0.1) is 11.4 Å². The molecule has 5 rings (SSSR count). The standard InChI is InChI=1S/C22H26N2O/c1-3-12-21-19(10-1)24(20-11-2-4-13-22(20)25-21)16-17-8-7-15-23-14-6-5-9-18(17)23/h1-4,10-13,17-18H,5-9,14-16H2/t17-,18+/m0/s1. The first-order valence-corrected chi connectivity index (χ1v) is 9.78. The van der Waals surface area contributed by atoms with Gasteiger partial charge in [-0.2, -0.15) is 0 Å². The molecule has 130 valence electrons. The van der Waals surface area contributed by atoms with Crippen LogP contribution in [0.1, 0.15) is 32.1 Å². The molecule has 0 unspecified atom stereocenters. The summed E-state index contributed by atoms with van der Waals surface area (Å²) in [5.41, 5.74) is 2.43. The highest BCUT2D eigenvalue weighted by atomic mass is 16.5. The molecule has 0 spiro atoms. The zero-order valence-corrected chi connectivity index (χ0v) is 14.7. The van der Waals surface area contributed by atoms with Crippen LogP contribution in [0.4, 0.5) is 11.4 Å². The topological polar surface area (TPSA) is 15.7 Å². The normalized spacial score (nSPS) is 25.5. The van der Waals surface area contributed by atoms with Crippen molar-refractivity contribution in [3.05, 3.63) is 48.5 Å². The van der Waals surface area contributed by atoms with Crippen molar-refractivity contribution in [3.8, 4) is 11.5 Å². The molecule has 2 atom stereocenters. The van der Waals surface area contributed by atoms with Crippen molar-refractivity contribution < 1.29 is 4.74 Å². The van der Waals surface area contributed by atoms with Crippen molar-refractivity contribution in [2.45, 2.75) is 38.1 Å². The van der Waals surface area contributed by atoms with E-state index in [4.69, 9.17) is 4.74 Å². The van der Waals surface area contributed by atoms with Crippen molar-refractivity contribution in [2.75, 3.05) is 24.5 Å². The van der Waals surface area contributed by atoms with Gasteiger partial charge in [-0.05, 0) is 69.0 Å². The predicted octanol–water partition coefficient (Wildman–Crippen LogP) is 5.19. The third kappa shape index (κ3) is 2.71. The van der Waals surface area contributed by atoms with Crippen LogP contribution < -0.4 is 9.64 Å². The van der Waals surface area contributed by atoms with Gasteiger partial charge in [0.15, 0.2) is 11.5 Å². The van der Waals surface area contributed by atoms with Gasteiger partial charge in [-0.1, -0.05) is 30.7 Å². The zero-order chi connectivity index (χ0) is 16.6. The number of para-hydroxylation sites is 4. The van der Waals surface area contributed by atoms with Crippen molar-refractivity contribution >= 4 is 11.4 Å². The highest BCUT2D eigenvalue weighted by Crippen LogP contribution is 2.47. The predicted molar refractivity (Wildman–Crippen MR) is 102 cm³/mol. The molecule has 2 aromatic rings. The van der Waals surface area contributed by atoms with Crippen LogP contribution in [0.15, 0.2) is 48.5 Å². The molecule has 2 saturated heterocycles. The van der Waals surface area contributed by atoms with Crippen LogP contribution in [-0.2, 0) is 0 Å². The first kappa shape index (κ1) is 15.3. The molecule has 3 heteroatoms. The van der Waals surface area contributed by atoms with Gasteiger partial charge < -0.3 is 14.5 Å². The van der Waals surface area contributed by atoms with Crippen LogP contribution in [-0.4, -0.2) is 30.6 Å². The lowest BCUT2D eigenvalue weighted by atomic mass is 9.83. The minimum Gasteiger partial charge on any atom is -0.453 e. The van der Waals surface area contributed by atoms with E-state index < -0.39 is 0 Å². The van der Waals surface area contributed by atoms with E-state index in [1.54, 1.807) is 0 Å². The summed E-state index contributed by atoms with van der Waals surface area (Å²) < 4.78 is 6.15. The van der Waals surface area contributed by atoms with Crippen molar-refractivity contribution in [1.82, 2.24) is 4.90 Å². The Labute approximate surface area is 150 Å². The van der Waals surface area contributed by atoms with E-state index in [0.717, 1.165) is 30.0 Å². The fourth-order valence-electron chi connectivity index (χ4n) is 5.00. The average Bonchev–Trinajstić information content (AvgIpc) is 2.68. The fourth-order valence-corrected chi connectivity index (χ4v) is 5.00. The highest BCUT2D eigenvalue weighted by molar-refractivity contribution is 5.77. The van der Waals surface area contributed by atoms with Gasteiger partial charge in [-0.15, -0.1) is 0 Å². The summed E-state index contributed by atoms with van der Waals surface area (Å²) in [6.07, 6.45) is 6.84. The number of anilines is 2. The van der Waals surface area contributed by atoms with Crippen LogP contribution in [0.5, 0.6) is 11.5 Å². The monoisotopic (exact) mass is 334 g/mol. The fraction of sp³-hybridized carbons (Fsp3) is 0.455. The van der Waals surface area contributed by atoms with Crippen LogP contribution in [0.2, 0.25) is 0 Å². The number of benzene rings is 2. The van der Waals surface area contributed by atoms with E-state index in [-0.39, 0.29) is 0 Å². The van der Waals surface area contributed by atoms with E-state index in [2.05, 4.69) is 58.3 Å². The maximum atomic E-state index is 6.15. The van der Waals surface area contributed by atoms with E-state index in [0.29, 0.717) is 0 Å². The summed E-state index contributed by atoms with van der Waals surface area (Å²) in [4.78, 5) is 5.27. The molecule has 0 aromatic heterocycles. The number of hydrogen-bond acceptors (Lipinski definition) is 3. The van der Waals surface area contributed by atoms with E-state index in [9.17, 15) is 0 Å². The average molecular weight is 334 g/mol. The first-order chi connectivity index (χ1) is 12.4. The van der Waals surface area contributed by atoms with Gasteiger partial charge in [-0.25, -0.2) is 0 Å². The second-order valence-electron chi connectivity index (χ2n) is 7.65. The third-order valence-electron chi connectivity index (χ3n) is 6.18. The van der Waals surface area contributed by atoms with Gasteiger partial charge in [0.25, 0.3) is 0 Å². The molecule has 0 radical (unpaired) electrons. The lowest BCUT2D eigenvalue weighted by Crippen LogP contribution is -2.50. The van der Waals surface area contributed by atoms with E-state index in [1.165, 1.54) is 56.6 Å². The number of piperidine rings is 2. The van der Waals surface area contributed by atoms with E-state index >= 15 is 0 Å². The summed E-state index contributed by atoms with van der Waals surface area (Å²) in [6.45, 7) is 3.70. The van der Waals surface area contributed by atoms with Gasteiger partial charge in [0.2, 0.25) is 0 Å². The quantitative estimate of drug-likeness (QED) is 0.751. The van der Waals surface area contributed by atoms with Gasteiger partial charge in [0, 0.05) is 12.6 Å². The molecule has 3 aliphatic heterocycles. The Balaban J connectivity index is 1.49. The molecule has 25 heavy (non-hydrogen) atoms. The summed E-state index contributed by atoms with van der Waals surface area (Å²) >= 11 is 0. The summed E-state index contributed by atoms with van der Waals surface area (Å²) in [5, 5.41) is 0. The molecule has 0 saturated carbocycles. The minimum absolute atomic E-state index is 0.744. The van der Waals surface area contributed by atoms with Crippen molar-refractivity contribution in [1.29, 1.82) is 0 Å². The number of hydrogen-bond donors (Lipinski definition) is 0. The molecule has 3 aliphatic rings. The van der Waals surface area contributed by atoms with Crippen LogP contribution >= 0.6 is 0 Å². The maximum Gasteiger partial charge on any atom is 0.151 e. The van der Waals surface area contributed by atoms with Gasteiger partial charge >= 0.3 is 0 Å². The molecule has 0 amide bonds. The second kappa shape index (κ2) is 6.38. The summed E-state index contributed by atoms with van der Waals surface area (Å²) in [7, 11) is 0. The lowest BCUT2D eigenvalue weighted by molar-refractivity contribution is 0.0631. The molecule has 0 bridgehead atoms. The van der Waals surface area contributed by atoms with Crippen LogP contribution in [0, 0.1) is 5.92 Å². The Morgan fingerprint density at radius 1 is 0.800 bits per heavy atom. The number of rotatable bonds is 2. The Bertz CT molecular complexity index is 712. The summed E-state index contributed by atoms with van der Waals surface area (Å²) in [6, 6.07) is 17.7. The first-order valence-electron chi connectivity index (χ1n) is 9.78. The smallest absolute Gasteiger partial charge is 0.151 e. The molecule has 0 N–H and O–H groups in total. The molecule has 3 heterocycles. The Hall–Kier alpha value is -2.00. The molecule has 0 aliphatic carbocycles. The zero-order valence-electron chi connectivity index (χ0n) is 14.7. The summed E-state index contributed by atoms with van der Waals surface area (Å²) in [5.74, 6) is 2.71. The van der Waals surface area contributed by atoms with Crippen LogP contribution in [0.3, 0.4) is 0 Å². The molecule has 2 aromatic carbocycles.